The lowest BCUT2D eigenvalue weighted by Crippen LogP contribution is -1.92. The predicted molar refractivity (Wildman–Crippen MR) is 208 cm³/mol. The van der Waals surface area contributed by atoms with Gasteiger partial charge >= 0.3 is 0 Å². The fraction of sp³-hybridized carbons (Fsp3) is 0. The Morgan fingerprint density at radius 1 is 0.347 bits per heavy atom. The second-order valence-corrected chi connectivity index (χ2v) is 12.5. The molecule has 10 rings (SSSR count). The number of furan rings is 1. The Hall–Kier alpha value is -6.44. The van der Waals surface area contributed by atoms with Crippen LogP contribution in [0.25, 0.3) is 98.8 Å². The van der Waals surface area contributed by atoms with Gasteiger partial charge < -0.3 is 4.42 Å². The Bertz CT molecular complexity index is 3080. The van der Waals surface area contributed by atoms with Crippen LogP contribution in [-0.2, 0) is 0 Å². The second kappa shape index (κ2) is 11.1. The van der Waals surface area contributed by atoms with Gasteiger partial charge in [-0.25, -0.2) is 0 Å². The molecule has 0 bridgehead atoms. The molecule has 1 nitrogen and oxygen atoms in total. The molecule has 0 saturated heterocycles. The fourth-order valence-corrected chi connectivity index (χ4v) is 7.53. The molecule has 0 fully saturated rings. The summed E-state index contributed by atoms with van der Waals surface area (Å²) in [5.74, 6) is 0. The zero-order chi connectivity index (χ0) is 36.7. The highest BCUT2D eigenvalue weighted by molar-refractivity contribution is 6.22. The van der Waals surface area contributed by atoms with Crippen molar-refractivity contribution in [3.05, 3.63) is 182 Å². The highest BCUT2D eigenvalue weighted by Gasteiger charge is 2.19. The van der Waals surface area contributed by atoms with E-state index in [1.54, 1.807) is 0 Å². The first-order chi connectivity index (χ1) is 26.4. The molecule has 0 spiro atoms. The maximum absolute atomic E-state index is 8.81. The lowest BCUT2D eigenvalue weighted by Gasteiger charge is -2.19. The number of fused-ring (bicyclic) bond motifs is 6. The van der Waals surface area contributed by atoms with E-state index in [0.29, 0.717) is 5.56 Å². The molecule has 0 aliphatic rings. The molecule has 49 heavy (non-hydrogen) atoms. The molecular weight excluding hydrogens is 593 g/mol. The summed E-state index contributed by atoms with van der Waals surface area (Å²) in [6.07, 6.45) is 0. The first-order valence-electron chi connectivity index (χ1n) is 18.9. The smallest absolute Gasteiger partial charge is 0.136 e. The van der Waals surface area contributed by atoms with Crippen LogP contribution in [0, 0.1) is 0 Å². The largest absolute Gasteiger partial charge is 0.456 e. The Kier molecular flexibility index (Phi) is 5.20. The molecule has 1 aromatic heterocycles. The molecule has 10 aromatic rings. The van der Waals surface area contributed by atoms with Crippen LogP contribution in [0.15, 0.2) is 186 Å². The molecular formula is C48H30O. The van der Waals surface area contributed by atoms with Crippen LogP contribution in [0.1, 0.15) is 6.85 Å². The summed E-state index contributed by atoms with van der Waals surface area (Å²) in [5.41, 5.74) is 8.43. The van der Waals surface area contributed by atoms with Gasteiger partial charge in [-0.15, -0.1) is 0 Å². The van der Waals surface area contributed by atoms with Crippen molar-refractivity contribution in [1.29, 1.82) is 0 Å². The van der Waals surface area contributed by atoms with Crippen molar-refractivity contribution in [2.24, 2.45) is 0 Å². The van der Waals surface area contributed by atoms with Crippen LogP contribution in [0.2, 0.25) is 0 Å². The summed E-state index contributed by atoms with van der Waals surface area (Å²) in [5, 5.41) is 8.87. The molecule has 0 aliphatic heterocycles. The minimum Gasteiger partial charge on any atom is -0.456 e. The Morgan fingerprint density at radius 2 is 0.898 bits per heavy atom. The molecule has 228 valence electrons. The highest BCUT2D eigenvalue weighted by atomic mass is 16.3. The predicted octanol–water partition coefficient (Wildman–Crippen LogP) is 13.7. The highest BCUT2D eigenvalue weighted by Crippen LogP contribution is 2.46. The monoisotopic (exact) mass is 627 g/mol. The van der Waals surface area contributed by atoms with E-state index >= 15 is 0 Å². The average Bonchev–Trinajstić information content (AvgIpc) is 3.57. The van der Waals surface area contributed by atoms with Crippen LogP contribution < -0.4 is 0 Å². The molecule has 0 saturated carbocycles. The van der Waals surface area contributed by atoms with Crippen molar-refractivity contribution >= 4 is 54.3 Å². The molecule has 0 amide bonds. The van der Waals surface area contributed by atoms with Gasteiger partial charge in [0.25, 0.3) is 0 Å². The maximum Gasteiger partial charge on any atom is 0.136 e. The molecule has 0 aliphatic carbocycles. The van der Waals surface area contributed by atoms with Crippen LogP contribution >= 0.6 is 0 Å². The molecule has 0 N–H and O–H groups in total. The molecule has 0 unspecified atom stereocenters. The van der Waals surface area contributed by atoms with Crippen molar-refractivity contribution in [3.63, 3.8) is 0 Å². The van der Waals surface area contributed by atoms with E-state index in [1.807, 2.05) is 48.5 Å². The van der Waals surface area contributed by atoms with Crippen molar-refractivity contribution in [2.45, 2.75) is 0 Å². The van der Waals surface area contributed by atoms with Gasteiger partial charge in [-0.2, -0.15) is 0 Å². The quantitative estimate of drug-likeness (QED) is 0.177. The minimum atomic E-state index is -0.404. The fourth-order valence-electron chi connectivity index (χ4n) is 7.53. The van der Waals surface area contributed by atoms with Gasteiger partial charge in [0.2, 0.25) is 0 Å². The molecule has 0 radical (unpaired) electrons. The number of hydrogen-bond donors (Lipinski definition) is 0. The first-order valence-corrected chi connectivity index (χ1v) is 16.4. The van der Waals surface area contributed by atoms with Gasteiger partial charge in [0.1, 0.15) is 11.2 Å². The van der Waals surface area contributed by atoms with Crippen molar-refractivity contribution < 1.29 is 11.3 Å². The lowest BCUT2D eigenvalue weighted by molar-refractivity contribution is 0.669. The first kappa shape index (κ1) is 23.0. The summed E-state index contributed by atoms with van der Waals surface area (Å²) < 4.78 is 49.0. The molecule has 9 aromatic carbocycles. The van der Waals surface area contributed by atoms with E-state index in [1.165, 1.54) is 5.39 Å². The third kappa shape index (κ3) is 4.47. The summed E-state index contributed by atoms with van der Waals surface area (Å²) in [7, 11) is 0. The van der Waals surface area contributed by atoms with E-state index in [2.05, 4.69) is 103 Å². The summed E-state index contributed by atoms with van der Waals surface area (Å²) in [6, 6.07) is 50.5. The second-order valence-electron chi connectivity index (χ2n) is 12.5. The van der Waals surface area contributed by atoms with Gasteiger partial charge in [0.15, 0.2) is 0 Å². The molecule has 0 atom stereocenters. The van der Waals surface area contributed by atoms with Crippen LogP contribution in [0.3, 0.4) is 0 Å². The Balaban J connectivity index is 1.24. The van der Waals surface area contributed by atoms with Crippen LogP contribution in [0.4, 0.5) is 0 Å². The lowest BCUT2D eigenvalue weighted by atomic mass is 9.84. The zero-order valence-electron chi connectivity index (χ0n) is 31.3. The summed E-state index contributed by atoms with van der Waals surface area (Å²) in [6.45, 7) is 0. The Morgan fingerprint density at radius 3 is 1.57 bits per heavy atom. The number of benzene rings is 9. The van der Waals surface area contributed by atoms with Crippen molar-refractivity contribution in [2.75, 3.05) is 0 Å². The third-order valence-electron chi connectivity index (χ3n) is 9.72. The van der Waals surface area contributed by atoms with Gasteiger partial charge in [0, 0.05) is 10.8 Å². The number of rotatable bonds is 4. The standard InChI is InChI=1S/C48H30O/c1-3-13-31(14-4-1)37-25-23-35(28-42(37)32-15-5-2-6-16-32)47-38-19-9-11-21-40(38)48(41-22-12-10-20-39(41)47)36-24-26-45-43(29-36)44-27-33-17-7-8-18-34(33)30-46(44)49-45/h1-30H/i1D,3D,4D,13D,14D. The summed E-state index contributed by atoms with van der Waals surface area (Å²) >= 11 is 0. The van der Waals surface area contributed by atoms with E-state index in [-0.39, 0.29) is 29.7 Å². The van der Waals surface area contributed by atoms with E-state index in [9.17, 15) is 0 Å². The van der Waals surface area contributed by atoms with Gasteiger partial charge in [-0.3, -0.25) is 0 Å². The van der Waals surface area contributed by atoms with Crippen molar-refractivity contribution in [3.8, 4) is 44.5 Å². The molecule has 1 heterocycles. The van der Waals surface area contributed by atoms with E-state index in [0.717, 1.165) is 82.3 Å². The molecule has 1 heteroatoms. The Labute approximate surface area is 291 Å². The topological polar surface area (TPSA) is 13.1 Å². The van der Waals surface area contributed by atoms with E-state index < -0.39 is 6.04 Å². The van der Waals surface area contributed by atoms with Gasteiger partial charge in [-0.05, 0) is 107 Å². The third-order valence-corrected chi connectivity index (χ3v) is 9.72. The summed E-state index contributed by atoms with van der Waals surface area (Å²) in [4.78, 5) is 0. The maximum atomic E-state index is 8.81. The number of hydrogen-bond acceptors (Lipinski definition) is 1. The average molecular weight is 628 g/mol. The van der Waals surface area contributed by atoms with Crippen LogP contribution in [-0.4, -0.2) is 0 Å². The van der Waals surface area contributed by atoms with Gasteiger partial charge in [0.05, 0.1) is 6.85 Å². The zero-order valence-corrected chi connectivity index (χ0v) is 26.3. The van der Waals surface area contributed by atoms with E-state index in [4.69, 9.17) is 11.3 Å². The normalized spacial score (nSPS) is 13.1. The van der Waals surface area contributed by atoms with Crippen molar-refractivity contribution in [1.82, 2.24) is 0 Å². The minimum absolute atomic E-state index is 0.187. The van der Waals surface area contributed by atoms with Gasteiger partial charge in [-0.1, -0.05) is 152 Å². The SMILES string of the molecule is [2H]c1c([2H])c([2H])c(-c2ccc(-c3c4ccccc4c(-c4ccc5oc6cc7ccccc7cc6c5c4)c4ccccc34)cc2-c2ccccc2)c([2H])c1[2H]. The van der Waals surface area contributed by atoms with Crippen LogP contribution in [0.5, 0.6) is 0 Å².